The second-order valence-corrected chi connectivity index (χ2v) is 6.75. The Balaban J connectivity index is 1.99. The van der Waals surface area contributed by atoms with Crippen LogP contribution in [0.4, 0.5) is 4.39 Å². The van der Waals surface area contributed by atoms with Gasteiger partial charge in [-0.2, -0.15) is 0 Å². The average molecular weight is 349 g/mol. The van der Waals surface area contributed by atoms with Gasteiger partial charge >= 0.3 is 0 Å². The van der Waals surface area contributed by atoms with Crippen LogP contribution in [0.2, 0.25) is 0 Å². The highest BCUT2D eigenvalue weighted by molar-refractivity contribution is 7.10. The molecule has 1 saturated heterocycles. The Morgan fingerprint density at radius 2 is 2.08 bits per heavy atom. The van der Waals surface area contributed by atoms with Crippen molar-refractivity contribution in [2.45, 2.75) is 18.6 Å². The number of halogens is 1. The van der Waals surface area contributed by atoms with Crippen molar-refractivity contribution in [3.05, 3.63) is 40.3 Å². The highest BCUT2D eigenvalue weighted by Crippen LogP contribution is 2.37. The number of amides is 1. The molecular weight excluding hydrogens is 333 g/mol. The van der Waals surface area contributed by atoms with Crippen molar-refractivity contribution in [3.63, 3.8) is 0 Å². The van der Waals surface area contributed by atoms with Crippen LogP contribution >= 0.6 is 11.3 Å². The van der Waals surface area contributed by atoms with Crippen LogP contribution in [-0.4, -0.2) is 40.1 Å². The number of benzene rings is 1. The molecule has 1 amide bonds. The van der Waals surface area contributed by atoms with Gasteiger partial charge in [0.25, 0.3) is 5.91 Å². The summed E-state index contributed by atoms with van der Waals surface area (Å²) in [6, 6.07) is 5.77. The van der Waals surface area contributed by atoms with Crippen LogP contribution in [0.5, 0.6) is 5.75 Å². The first-order valence-corrected chi connectivity index (χ1v) is 8.02. The predicted octanol–water partition coefficient (Wildman–Crippen LogP) is 1.83. The largest absolute Gasteiger partial charge is 0.505 e. The van der Waals surface area contributed by atoms with Gasteiger partial charge in [-0.25, -0.2) is 4.39 Å². The Bertz CT molecular complexity index is 838. The summed E-state index contributed by atoms with van der Waals surface area (Å²) >= 11 is 1.30. The van der Waals surface area contributed by atoms with Crippen LogP contribution in [0.3, 0.4) is 0 Å². The van der Waals surface area contributed by atoms with Gasteiger partial charge in [0, 0.05) is 11.9 Å². The molecule has 2 heterocycles. The summed E-state index contributed by atoms with van der Waals surface area (Å²) in [5.41, 5.74) is 0.202. The third-order valence-electron chi connectivity index (χ3n) is 4.22. The second kappa shape index (κ2) is 5.57. The Kier molecular flexibility index (Phi) is 3.81. The summed E-state index contributed by atoms with van der Waals surface area (Å²) in [7, 11) is 1.42. The maximum Gasteiger partial charge on any atom is 0.260 e. The van der Waals surface area contributed by atoms with Gasteiger partial charge in [-0.1, -0.05) is 6.07 Å². The molecule has 6 nitrogen and oxygen atoms in total. The Morgan fingerprint density at radius 3 is 2.75 bits per heavy atom. The van der Waals surface area contributed by atoms with Gasteiger partial charge in [0.2, 0.25) is 0 Å². The summed E-state index contributed by atoms with van der Waals surface area (Å²) in [4.78, 5) is 13.8. The van der Waals surface area contributed by atoms with E-state index >= 15 is 0 Å². The van der Waals surface area contributed by atoms with Crippen LogP contribution in [0.15, 0.2) is 29.6 Å². The summed E-state index contributed by atoms with van der Waals surface area (Å²) in [6.45, 7) is 1.65. The zero-order chi connectivity index (χ0) is 17.6. The van der Waals surface area contributed by atoms with Crippen LogP contribution in [0.25, 0.3) is 11.1 Å². The van der Waals surface area contributed by atoms with E-state index in [0.717, 1.165) is 10.5 Å². The molecule has 126 valence electrons. The van der Waals surface area contributed by atoms with Crippen LogP contribution in [-0.2, 0) is 10.3 Å². The standard InChI is InChI=1S/C16H16FN3O3S/c1-16(13(22)14(23)20(2)15(18)19-16)12-6-9(7-24-12)8-3-4-10(17)11(21)5-8/h3-7,13,21-22H,1-2H3,(H2,18,19)/t13-,16+/m0/s1. The van der Waals surface area contributed by atoms with Gasteiger partial charge in [0.1, 0.15) is 5.54 Å². The SMILES string of the molecule is CN1C(=N)N[C@](C)(c2cc(-c3ccc(F)c(O)c3)cs2)[C@@H](O)C1=O. The van der Waals surface area contributed by atoms with E-state index in [1.165, 1.54) is 36.6 Å². The average Bonchev–Trinajstić information content (AvgIpc) is 3.04. The number of aliphatic hydroxyl groups excluding tert-OH is 1. The van der Waals surface area contributed by atoms with E-state index in [0.29, 0.717) is 10.4 Å². The molecule has 2 aromatic rings. The van der Waals surface area contributed by atoms with E-state index < -0.39 is 29.1 Å². The molecule has 0 unspecified atom stereocenters. The number of rotatable bonds is 2. The highest BCUT2D eigenvalue weighted by atomic mass is 32.1. The molecule has 24 heavy (non-hydrogen) atoms. The van der Waals surface area contributed by atoms with E-state index in [9.17, 15) is 19.4 Å². The van der Waals surface area contributed by atoms with Crippen molar-refractivity contribution < 1.29 is 19.4 Å². The minimum Gasteiger partial charge on any atom is -0.505 e. The van der Waals surface area contributed by atoms with Gasteiger partial charge in [-0.15, -0.1) is 11.3 Å². The van der Waals surface area contributed by atoms with Gasteiger partial charge in [-0.3, -0.25) is 15.1 Å². The number of hydrogen-bond donors (Lipinski definition) is 4. The number of aromatic hydroxyl groups is 1. The predicted molar refractivity (Wildman–Crippen MR) is 88.4 cm³/mol. The van der Waals surface area contributed by atoms with Gasteiger partial charge in [0.05, 0.1) is 0 Å². The molecule has 0 spiro atoms. The molecular formula is C16H16FN3O3S. The number of thiophene rings is 1. The van der Waals surface area contributed by atoms with E-state index in [1.807, 2.05) is 0 Å². The Morgan fingerprint density at radius 1 is 1.38 bits per heavy atom. The minimum atomic E-state index is -1.34. The maximum absolute atomic E-state index is 13.2. The lowest BCUT2D eigenvalue weighted by Crippen LogP contribution is -2.66. The van der Waals surface area contributed by atoms with E-state index in [-0.39, 0.29) is 5.96 Å². The fourth-order valence-corrected chi connectivity index (χ4v) is 3.65. The van der Waals surface area contributed by atoms with Crippen molar-refractivity contribution in [2.24, 2.45) is 0 Å². The highest BCUT2D eigenvalue weighted by Gasteiger charge is 2.47. The number of carbonyl (C=O) groups excluding carboxylic acids is 1. The van der Waals surface area contributed by atoms with Crippen LogP contribution in [0.1, 0.15) is 11.8 Å². The number of phenolic OH excluding ortho intramolecular Hbond substituents is 1. The number of guanidine groups is 1. The topological polar surface area (TPSA) is 96.7 Å². The number of nitrogens with one attached hydrogen (secondary N) is 2. The quantitative estimate of drug-likeness (QED) is 0.665. The third kappa shape index (κ3) is 2.44. The van der Waals surface area contributed by atoms with Crippen molar-refractivity contribution in [1.82, 2.24) is 10.2 Å². The molecule has 1 aliphatic rings. The number of carbonyl (C=O) groups is 1. The van der Waals surface area contributed by atoms with E-state index in [2.05, 4.69) is 5.32 Å². The molecule has 0 aliphatic carbocycles. The van der Waals surface area contributed by atoms with Crippen molar-refractivity contribution in [3.8, 4) is 16.9 Å². The third-order valence-corrected chi connectivity index (χ3v) is 5.38. The summed E-state index contributed by atoms with van der Waals surface area (Å²) in [6.07, 6.45) is -1.34. The maximum atomic E-state index is 13.2. The normalized spacial score (nSPS) is 24.2. The number of phenols is 1. The second-order valence-electron chi connectivity index (χ2n) is 5.84. The minimum absolute atomic E-state index is 0.0952. The summed E-state index contributed by atoms with van der Waals surface area (Å²) in [5, 5.41) is 32.4. The zero-order valence-electron chi connectivity index (χ0n) is 13.0. The smallest absolute Gasteiger partial charge is 0.260 e. The summed E-state index contributed by atoms with van der Waals surface area (Å²) < 4.78 is 13.2. The molecule has 8 heteroatoms. The molecule has 1 fully saturated rings. The molecule has 0 radical (unpaired) electrons. The fraction of sp³-hybridized carbons (Fsp3) is 0.250. The molecule has 0 bridgehead atoms. The molecule has 3 rings (SSSR count). The van der Waals surface area contributed by atoms with E-state index in [1.54, 1.807) is 18.4 Å². The van der Waals surface area contributed by atoms with Gasteiger partial charge in [0.15, 0.2) is 23.6 Å². The van der Waals surface area contributed by atoms with Crippen molar-refractivity contribution >= 4 is 23.2 Å². The number of aliphatic hydroxyl groups is 1. The first kappa shape index (κ1) is 16.4. The van der Waals surface area contributed by atoms with Crippen molar-refractivity contribution in [2.75, 3.05) is 7.05 Å². The molecule has 0 saturated carbocycles. The molecule has 2 atom stereocenters. The Hall–Kier alpha value is -2.45. The molecule has 1 aromatic heterocycles. The van der Waals surface area contributed by atoms with Gasteiger partial charge in [-0.05, 0) is 41.6 Å². The van der Waals surface area contributed by atoms with Gasteiger partial charge < -0.3 is 15.5 Å². The fourth-order valence-electron chi connectivity index (χ4n) is 2.59. The zero-order valence-corrected chi connectivity index (χ0v) is 13.8. The van der Waals surface area contributed by atoms with Crippen molar-refractivity contribution in [1.29, 1.82) is 5.41 Å². The first-order chi connectivity index (χ1) is 11.2. The lowest BCUT2D eigenvalue weighted by molar-refractivity contribution is -0.142. The van der Waals surface area contributed by atoms with E-state index in [4.69, 9.17) is 5.41 Å². The van der Waals surface area contributed by atoms with Crippen LogP contribution < -0.4 is 5.32 Å². The number of likely N-dealkylation sites (N-methyl/N-ethyl adjacent to an activating group) is 1. The molecule has 4 N–H and O–H groups in total. The summed E-state index contributed by atoms with van der Waals surface area (Å²) in [5.74, 6) is -1.80. The number of nitrogens with zero attached hydrogens (tertiary/aromatic N) is 1. The Labute approximate surface area is 141 Å². The molecule has 1 aliphatic heterocycles. The number of hydrogen-bond acceptors (Lipinski definition) is 5. The lowest BCUT2D eigenvalue weighted by atomic mass is 9.89. The lowest BCUT2D eigenvalue weighted by Gasteiger charge is -2.42. The van der Waals surface area contributed by atoms with Crippen LogP contribution in [0, 0.1) is 11.2 Å². The molecule has 1 aromatic carbocycles. The first-order valence-electron chi connectivity index (χ1n) is 7.14. The monoisotopic (exact) mass is 349 g/mol.